The van der Waals surface area contributed by atoms with Gasteiger partial charge in [0.2, 0.25) is 0 Å². The molecule has 4 aromatic rings. The van der Waals surface area contributed by atoms with Crippen LogP contribution in [0.15, 0.2) is 310 Å². The largest absolute Gasteiger partial charge is 0.0836 e. The van der Waals surface area contributed by atoms with Crippen LogP contribution in [0.4, 0.5) is 0 Å². The Labute approximate surface area is 573 Å². The lowest BCUT2D eigenvalue weighted by Gasteiger charge is -2.51. The summed E-state index contributed by atoms with van der Waals surface area (Å²) in [6, 6.07) is 37.0. The summed E-state index contributed by atoms with van der Waals surface area (Å²) in [7, 11) is 0. The Hall–Kier alpha value is -7.80. The lowest BCUT2D eigenvalue weighted by molar-refractivity contribution is -0.00899. The molecule has 0 aliphatic heterocycles. The molecule has 11 aliphatic rings. The molecule has 0 saturated heterocycles. The Morgan fingerprint density at radius 2 is 0.800 bits per heavy atom. The van der Waals surface area contributed by atoms with Gasteiger partial charge in [0.05, 0.1) is 0 Å². The van der Waals surface area contributed by atoms with E-state index in [9.17, 15) is 0 Å². The Balaban J connectivity index is 0.000000130. The van der Waals surface area contributed by atoms with Crippen molar-refractivity contribution in [1.82, 2.24) is 0 Å². The van der Waals surface area contributed by atoms with E-state index in [0.717, 1.165) is 69.1 Å². The quantitative estimate of drug-likeness (QED) is 0.0878. The molecule has 0 N–H and O–H groups in total. The van der Waals surface area contributed by atoms with Crippen LogP contribution < -0.4 is 0 Å². The highest BCUT2D eigenvalue weighted by Crippen LogP contribution is 2.54. The number of benzene rings is 4. The van der Waals surface area contributed by atoms with E-state index in [1.54, 1.807) is 0 Å². The van der Waals surface area contributed by atoms with Crippen LogP contribution in [-0.2, 0) is 44.9 Å². The summed E-state index contributed by atoms with van der Waals surface area (Å²) in [6.07, 6.45) is 81.9. The Bertz CT molecular complexity index is 4000. The van der Waals surface area contributed by atoms with Crippen LogP contribution in [-0.4, -0.2) is 0 Å². The van der Waals surface area contributed by atoms with Crippen molar-refractivity contribution < 1.29 is 0 Å². The third kappa shape index (κ3) is 16.2. The first-order chi connectivity index (χ1) is 46.4. The predicted molar refractivity (Wildman–Crippen MR) is 407 cm³/mol. The lowest BCUT2D eigenvalue weighted by atomic mass is 9.54. The van der Waals surface area contributed by atoms with E-state index < -0.39 is 0 Å². The van der Waals surface area contributed by atoms with Crippen LogP contribution in [0, 0.1) is 53.3 Å². The summed E-state index contributed by atoms with van der Waals surface area (Å²) in [5.74, 6) is 3.90. The fourth-order valence-electron chi connectivity index (χ4n) is 17.7. The van der Waals surface area contributed by atoms with Gasteiger partial charge in [-0.05, 0) is 256 Å². The number of rotatable bonds is 19. The Kier molecular flexibility index (Phi) is 21.1. The van der Waals surface area contributed by atoms with Crippen molar-refractivity contribution in [2.75, 3.05) is 0 Å². The molecule has 2 fully saturated rings. The van der Waals surface area contributed by atoms with Gasteiger partial charge in [0, 0.05) is 17.8 Å². The van der Waals surface area contributed by atoms with Gasteiger partial charge in [-0.2, -0.15) is 0 Å². The molecule has 0 nitrogen and oxygen atoms in total. The van der Waals surface area contributed by atoms with E-state index in [2.05, 4.69) is 284 Å². The molecular weight excluding hydrogens is 1140 g/mol. The zero-order valence-electron chi connectivity index (χ0n) is 58.4. The van der Waals surface area contributed by atoms with Gasteiger partial charge in [0.15, 0.2) is 0 Å². The van der Waals surface area contributed by atoms with Crippen LogP contribution in [0.5, 0.6) is 0 Å². The molecule has 11 aliphatic carbocycles. The normalized spacial score (nSPS) is 24.0. The summed E-state index contributed by atoms with van der Waals surface area (Å²) < 4.78 is 0. The van der Waals surface area contributed by atoms with Gasteiger partial charge in [0.25, 0.3) is 0 Å². The highest BCUT2D eigenvalue weighted by atomic mass is 14.5. The molecule has 0 heterocycles. The zero-order valence-corrected chi connectivity index (χ0v) is 58.4. The van der Waals surface area contributed by atoms with Gasteiger partial charge >= 0.3 is 0 Å². The summed E-state index contributed by atoms with van der Waals surface area (Å²) in [5, 5.41) is 0. The fraction of sp³-hybridized carbons (Fsp3) is 0.368. The average molecular weight is 1250 g/mol. The molecule has 0 aromatic heterocycles. The third-order valence-electron chi connectivity index (χ3n) is 23.6. The minimum atomic E-state index is 0.421. The van der Waals surface area contributed by atoms with Crippen molar-refractivity contribution in [2.45, 2.75) is 176 Å². The van der Waals surface area contributed by atoms with E-state index in [-0.39, 0.29) is 0 Å². The Morgan fingerprint density at radius 1 is 0.389 bits per heavy atom. The molecule has 0 bridgehead atoms. The van der Waals surface area contributed by atoms with Crippen molar-refractivity contribution >= 4 is 0 Å². The summed E-state index contributed by atoms with van der Waals surface area (Å²) >= 11 is 0. The molecule has 0 radical (unpaired) electrons. The molecule has 0 heteroatoms. The van der Waals surface area contributed by atoms with Gasteiger partial charge in [0.1, 0.15) is 0 Å². The van der Waals surface area contributed by atoms with E-state index in [4.69, 9.17) is 0 Å². The van der Waals surface area contributed by atoms with E-state index in [1.807, 2.05) is 0 Å². The van der Waals surface area contributed by atoms with Crippen molar-refractivity contribution in [3.05, 3.63) is 354 Å². The average Bonchev–Trinajstić information content (AvgIpc) is 1.76. The zero-order chi connectivity index (χ0) is 65.1. The molecule has 2 saturated carbocycles. The summed E-state index contributed by atoms with van der Waals surface area (Å²) in [4.78, 5) is 0. The SMILES string of the molecule is C1=CC2C(C3=CCC=C3)=CC=C(Cc3ccc(CCC4CCCC4)cc3)C2=C1.CC1C(C)(C)CC(CCc2ccc(CC3=CC=C(C4=CCCC=C4)C4C=CC=C34)cc2)CC1(C)C.Cc1ccccc1CCCc1ccc(CC2=CC=C(C3=CCCC=C3)C3C=CC=C23)cc1. The van der Waals surface area contributed by atoms with Crippen molar-refractivity contribution in [3.63, 3.8) is 0 Å². The number of aryl methyl sites for hydroxylation is 5. The molecule has 15 rings (SSSR count). The minimum Gasteiger partial charge on any atom is -0.0836 e. The molecule has 3 atom stereocenters. The maximum atomic E-state index is 2.49. The van der Waals surface area contributed by atoms with Gasteiger partial charge in [-0.15, -0.1) is 0 Å². The molecule has 4 aromatic carbocycles. The number of fused-ring (bicyclic) bond motifs is 3. The van der Waals surface area contributed by atoms with Gasteiger partial charge < -0.3 is 0 Å². The molecule has 95 heavy (non-hydrogen) atoms. The predicted octanol–water partition coefficient (Wildman–Crippen LogP) is 24.7. The van der Waals surface area contributed by atoms with Crippen LogP contribution in [0.25, 0.3) is 0 Å². The maximum absolute atomic E-state index is 2.49. The van der Waals surface area contributed by atoms with Gasteiger partial charge in [-0.3, -0.25) is 0 Å². The standard InChI is InChI=1S/C35H44.C32H32.C28H30/c1-25-34(2,3)23-28(24-35(25,4)5)19-16-26-14-17-27(18-15-26)22-30-20-21-32(29-10-7-6-8-11-29)33-13-9-12-31(30)33;1-24-9-5-6-11-27(24)14-7-10-25-17-19-26(20-18-25)23-29-21-22-31(28-12-3-2-4-13-28)32-16-8-15-30(29)32;1-2-7-21(6-1)12-13-22-14-16-23(17-15-22)20-25-18-19-27(24-8-3-4-9-24)28-11-5-10-26(25)28/h7,9-15,17-18,20-21,25,28,33H,6,8,16,19,22-24H2,1-5H3;3,5-6,8-9,11-13,15-22,32H,2,4,7,10,14,23H2,1H3;3,5,8-11,14-19,21,28H,1-2,4,6-7,12-13,20H2. The van der Waals surface area contributed by atoms with Crippen molar-refractivity contribution in [1.29, 1.82) is 0 Å². The van der Waals surface area contributed by atoms with E-state index >= 15 is 0 Å². The van der Waals surface area contributed by atoms with Gasteiger partial charge in [-0.25, -0.2) is 0 Å². The van der Waals surface area contributed by atoms with Crippen LogP contribution in [0.3, 0.4) is 0 Å². The fourth-order valence-corrected chi connectivity index (χ4v) is 17.7. The first-order valence-corrected chi connectivity index (χ1v) is 37.1. The molecule has 486 valence electrons. The van der Waals surface area contributed by atoms with E-state index in [1.165, 1.54) is 195 Å². The Morgan fingerprint density at radius 3 is 1.22 bits per heavy atom. The number of allylic oxidation sites excluding steroid dienone is 36. The molecule has 3 unspecified atom stereocenters. The smallest absolute Gasteiger partial charge is 0.0281 e. The number of hydrogen-bond donors (Lipinski definition) is 0. The summed E-state index contributed by atoms with van der Waals surface area (Å²) in [6.45, 7) is 14.6. The van der Waals surface area contributed by atoms with E-state index in [0.29, 0.717) is 28.6 Å². The molecule has 0 spiro atoms. The first-order valence-electron chi connectivity index (χ1n) is 37.1. The monoisotopic (exact) mass is 1250 g/mol. The second-order valence-electron chi connectivity index (χ2n) is 30.9. The van der Waals surface area contributed by atoms with Gasteiger partial charge in [-0.1, -0.05) is 303 Å². The third-order valence-corrected chi connectivity index (χ3v) is 23.6. The lowest BCUT2D eigenvalue weighted by Crippen LogP contribution is -2.42. The first kappa shape index (κ1) is 65.8. The van der Waals surface area contributed by atoms with Crippen molar-refractivity contribution in [2.24, 2.45) is 46.3 Å². The van der Waals surface area contributed by atoms with Crippen molar-refractivity contribution in [3.8, 4) is 0 Å². The summed E-state index contributed by atoms with van der Waals surface area (Å²) in [5.41, 5.74) is 29.9. The highest BCUT2D eigenvalue weighted by molar-refractivity contribution is 5.64. The minimum absolute atomic E-state index is 0.421. The van der Waals surface area contributed by atoms with Crippen LogP contribution in [0.1, 0.15) is 169 Å². The number of hydrogen-bond acceptors (Lipinski definition) is 0. The maximum Gasteiger partial charge on any atom is 0.0281 e. The molecule has 0 amide bonds. The van der Waals surface area contributed by atoms with Crippen LogP contribution >= 0.6 is 0 Å². The molecular formula is C95H106. The van der Waals surface area contributed by atoms with Crippen LogP contribution in [0.2, 0.25) is 0 Å². The second-order valence-corrected chi connectivity index (χ2v) is 30.9. The topological polar surface area (TPSA) is 0 Å². The highest BCUT2D eigenvalue weighted by Gasteiger charge is 2.44. The second kappa shape index (κ2) is 30.5.